The van der Waals surface area contributed by atoms with E-state index in [0.717, 1.165) is 19.1 Å². The standard InChI is InChI=1S/C25H21ClN4O8/c1-14(25(35)36)28-29(24(34)19-7-2-3-8-21(19)30(37)38)23(33)18-10-9-16(12-20(18)26)22(32)27-13-15-5-4-6-17(31)11-15/h2-12,14,28,31H,13H2,1H3,(H,27,32)(H,35,36)/t14-/m0/s1. The molecule has 0 aliphatic heterocycles. The van der Waals surface area contributed by atoms with Crippen LogP contribution in [0.3, 0.4) is 0 Å². The zero-order chi connectivity index (χ0) is 28.0. The fraction of sp³-hybridized carbons (Fsp3) is 0.120. The third-order valence-electron chi connectivity index (χ3n) is 5.26. The summed E-state index contributed by atoms with van der Waals surface area (Å²) in [6.07, 6.45) is 0. The first-order chi connectivity index (χ1) is 18.0. The van der Waals surface area contributed by atoms with Crippen LogP contribution in [-0.2, 0) is 11.3 Å². The number of nitro groups is 1. The summed E-state index contributed by atoms with van der Waals surface area (Å²) < 4.78 is 0. The van der Waals surface area contributed by atoms with E-state index in [9.17, 15) is 39.5 Å². The van der Waals surface area contributed by atoms with E-state index in [0.29, 0.717) is 10.6 Å². The minimum atomic E-state index is -1.44. The summed E-state index contributed by atoms with van der Waals surface area (Å²) >= 11 is 6.26. The highest BCUT2D eigenvalue weighted by Crippen LogP contribution is 2.23. The van der Waals surface area contributed by atoms with E-state index in [1.54, 1.807) is 12.1 Å². The maximum atomic E-state index is 13.3. The number of halogens is 1. The number of carbonyl (C=O) groups is 4. The molecule has 1 atom stereocenters. The Morgan fingerprint density at radius 3 is 2.32 bits per heavy atom. The van der Waals surface area contributed by atoms with Crippen LogP contribution in [0.4, 0.5) is 5.69 Å². The van der Waals surface area contributed by atoms with Gasteiger partial charge in [0, 0.05) is 18.2 Å². The number of nitrogens with zero attached hydrogens (tertiary/aromatic N) is 2. The molecular formula is C25H21ClN4O8. The summed E-state index contributed by atoms with van der Waals surface area (Å²) in [5, 5.41) is 33.0. The molecule has 4 N–H and O–H groups in total. The first kappa shape index (κ1) is 27.8. The van der Waals surface area contributed by atoms with Crippen LogP contribution in [0.1, 0.15) is 43.6 Å². The normalized spacial score (nSPS) is 11.3. The predicted molar refractivity (Wildman–Crippen MR) is 135 cm³/mol. The maximum Gasteiger partial charge on any atom is 0.322 e. The molecule has 0 spiro atoms. The average molecular weight is 541 g/mol. The molecule has 3 aromatic rings. The van der Waals surface area contributed by atoms with Crippen LogP contribution in [0.15, 0.2) is 66.7 Å². The van der Waals surface area contributed by atoms with E-state index < -0.39 is 45.9 Å². The number of aromatic hydroxyl groups is 1. The monoisotopic (exact) mass is 540 g/mol. The van der Waals surface area contributed by atoms with Gasteiger partial charge >= 0.3 is 5.97 Å². The molecule has 0 fully saturated rings. The van der Waals surface area contributed by atoms with Crippen LogP contribution in [-0.4, -0.2) is 49.9 Å². The summed E-state index contributed by atoms with van der Waals surface area (Å²) in [6.45, 7) is 1.26. The molecule has 12 nitrogen and oxygen atoms in total. The lowest BCUT2D eigenvalue weighted by atomic mass is 10.1. The van der Waals surface area contributed by atoms with E-state index in [1.807, 2.05) is 0 Å². The highest BCUT2D eigenvalue weighted by atomic mass is 35.5. The third-order valence-corrected chi connectivity index (χ3v) is 5.57. The van der Waals surface area contributed by atoms with E-state index in [-0.39, 0.29) is 28.4 Å². The second-order valence-electron chi connectivity index (χ2n) is 7.96. The van der Waals surface area contributed by atoms with Crippen molar-refractivity contribution in [2.24, 2.45) is 0 Å². The smallest absolute Gasteiger partial charge is 0.322 e. The van der Waals surface area contributed by atoms with E-state index >= 15 is 0 Å². The van der Waals surface area contributed by atoms with E-state index in [1.165, 1.54) is 42.5 Å². The van der Waals surface area contributed by atoms with Gasteiger partial charge in [0.05, 0.1) is 15.5 Å². The lowest BCUT2D eigenvalue weighted by Crippen LogP contribution is -2.53. The lowest BCUT2D eigenvalue weighted by Gasteiger charge is -2.24. The first-order valence-corrected chi connectivity index (χ1v) is 11.3. The third kappa shape index (κ3) is 6.49. The minimum absolute atomic E-state index is 0.0356. The number of hydrazine groups is 1. The number of nitrogens with one attached hydrogen (secondary N) is 2. The van der Waals surface area contributed by atoms with Crippen molar-refractivity contribution in [3.8, 4) is 5.75 Å². The number of hydrogen-bond acceptors (Lipinski definition) is 8. The quantitative estimate of drug-likeness (QED) is 0.180. The second kappa shape index (κ2) is 12.0. The molecule has 13 heteroatoms. The number of aliphatic carboxylic acids is 1. The van der Waals surface area contributed by atoms with Crippen LogP contribution >= 0.6 is 11.6 Å². The van der Waals surface area contributed by atoms with Crippen molar-refractivity contribution in [1.82, 2.24) is 15.8 Å². The van der Waals surface area contributed by atoms with Gasteiger partial charge in [-0.05, 0) is 48.9 Å². The Hall–Kier alpha value is -4.81. The first-order valence-electron chi connectivity index (χ1n) is 11.0. The summed E-state index contributed by atoms with van der Waals surface area (Å²) in [7, 11) is 0. The van der Waals surface area contributed by atoms with Crippen LogP contribution in [0.2, 0.25) is 5.02 Å². The highest BCUT2D eigenvalue weighted by molar-refractivity contribution is 6.34. The van der Waals surface area contributed by atoms with Gasteiger partial charge in [0.1, 0.15) is 17.4 Å². The molecule has 0 saturated carbocycles. The number of nitro benzene ring substituents is 1. The van der Waals surface area contributed by atoms with Crippen molar-refractivity contribution in [1.29, 1.82) is 0 Å². The summed E-state index contributed by atoms with van der Waals surface area (Å²) in [4.78, 5) is 61.1. The summed E-state index contributed by atoms with van der Waals surface area (Å²) in [6, 6.07) is 13.3. The van der Waals surface area contributed by atoms with Gasteiger partial charge in [-0.3, -0.25) is 29.3 Å². The molecule has 196 valence electrons. The van der Waals surface area contributed by atoms with E-state index in [2.05, 4.69) is 10.7 Å². The molecule has 3 aromatic carbocycles. The largest absolute Gasteiger partial charge is 0.508 e. The fourth-order valence-electron chi connectivity index (χ4n) is 3.29. The molecule has 0 radical (unpaired) electrons. The maximum absolute atomic E-state index is 13.3. The number of carboxylic acid groups (broad SMARTS) is 1. The van der Waals surface area contributed by atoms with E-state index in [4.69, 9.17) is 11.6 Å². The van der Waals surface area contributed by atoms with Gasteiger partial charge in [0.2, 0.25) is 0 Å². The van der Waals surface area contributed by atoms with Crippen LogP contribution in [0.5, 0.6) is 5.75 Å². The lowest BCUT2D eigenvalue weighted by molar-refractivity contribution is -0.385. The minimum Gasteiger partial charge on any atom is -0.508 e. The second-order valence-corrected chi connectivity index (χ2v) is 8.36. The molecule has 0 aliphatic carbocycles. The average Bonchev–Trinajstić information content (AvgIpc) is 2.89. The molecule has 0 unspecified atom stereocenters. The number of carboxylic acids is 1. The Morgan fingerprint density at radius 2 is 1.68 bits per heavy atom. The Kier molecular flexibility index (Phi) is 8.73. The number of amides is 3. The number of phenols is 1. The number of carbonyl (C=O) groups excluding carboxylic acids is 3. The van der Waals surface area contributed by atoms with Crippen LogP contribution < -0.4 is 10.7 Å². The number of hydrogen-bond donors (Lipinski definition) is 4. The number of para-hydroxylation sites is 1. The highest BCUT2D eigenvalue weighted by Gasteiger charge is 2.32. The zero-order valence-electron chi connectivity index (χ0n) is 19.8. The van der Waals surface area contributed by atoms with Gasteiger partial charge < -0.3 is 15.5 Å². The van der Waals surface area contributed by atoms with Gasteiger partial charge in [0.25, 0.3) is 23.4 Å². The van der Waals surface area contributed by atoms with Crippen molar-refractivity contribution < 1.29 is 34.3 Å². The van der Waals surface area contributed by atoms with Gasteiger partial charge in [0.15, 0.2) is 0 Å². The molecule has 38 heavy (non-hydrogen) atoms. The molecule has 3 rings (SSSR count). The summed E-state index contributed by atoms with van der Waals surface area (Å²) in [5.74, 6) is -4.19. The summed E-state index contributed by atoms with van der Waals surface area (Å²) in [5.41, 5.74) is 1.63. The molecule has 0 aromatic heterocycles. The molecule has 0 bridgehead atoms. The van der Waals surface area contributed by atoms with Crippen LogP contribution in [0.25, 0.3) is 0 Å². The van der Waals surface area contributed by atoms with Gasteiger partial charge in [-0.2, -0.15) is 0 Å². The Labute approximate surface area is 220 Å². The SMILES string of the molecule is C[C@H](NN(C(=O)c1ccc(C(=O)NCc2cccc(O)c2)cc1Cl)C(=O)c1ccccc1[N+](=O)[O-])C(=O)O. The molecular weight excluding hydrogens is 520 g/mol. The van der Waals surface area contributed by atoms with Gasteiger partial charge in [-0.25, -0.2) is 10.4 Å². The Morgan fingerprint density at radius 1 is 1.00 bits per heavy atom. The van der Waals surface area contributed by atoms with Crippen molar-refractivity contribution in [2.45, 2.75) is 19.5 Å². The molecule has 0 aliphatic rings. The van der Waals surface area contributed by atoms with Crippen LogP contribution in [0, 0.1) is 10.1 Å². The zero-order valence-corrected chi connectivity index (χ0v) is 20.5. The van der Waals surface area contributed by atoms with Crippen molar-refractivity contribution >= 4 is 41.0 Å². The molecule has 0 saturated heterocycles. The predicted octanol–water partition coefficient (Wildman–Crippen LogP) is 3.14. The molecule has 0 heterocycles. The Balaban J connectivity index is 1.88. The van der Waals surface area contributed by atoms with Crippen molar-refractivity contribution in [3.63, 3.8) is 0 Å². The fourth-order valence-corrected chi connectivity index (χ4v) is 3.55. The van der Waals surface area contributed by atoms with Gasteiger partial charge in [-0.1, -0.05) is 35.9 Å². The number of rotatable bonds is 9. The number of benzene rings is 3. The van der Waals surface area contributed by atoms with Crippen molar-refractivity contribution in [2.75, 3.05) is 0 Å². The van der Waals surface area contributed by atoms with Crippen molar-refractivity contribution in [3.05, 3.63) is 104 Å². The molecule has 3 amide bonds. The topological polar surface area (TPSA) is 179 Å². The number of phenolic OH excluding ortho intramolecular Hbond substituents is 1. The van der Waals surface area contributed by atoms with Gasteiger partial charge in [-0.15, -0.1) is 0 Å². The Bertz CT molecular complexity index is 1430. The number of imide groups is 1.